The van der Waals surface area contributed by atoms with Crippen LogP contribution in [0.15, 0.2) is 24.3 Å². The quantitative estimate of drug-likeness (QED) is 0.689. The summed E-state index contributed by atoms with van der Waals surface area (Å²) in [6.45, 7) is 11.0. The van der Waals surface area contributed by atoms with Crippen LogP contribution >= 0.6 is 0 Å². The van der Waals surface area contributed by atoms with Gasteiger partial charge in [0.1, 0.15) is 0 Å². The summed E-state index contributed by atoms with van der Waals surface area (Å²) in [4.78, 5) is 14.1. The highest BCUT2D eigenvalue weighted by Crippen LogP contribution is 2.16. The van der Waals surface area contributed by atoms with Crippen molar-refractivity contribution in [2.24, 2.45) is 0 Å². The number of aliphatic hydroxyl groups excluding tert-OH is 1. The molecule has 1 aromatic rings. The Balaban J connectivity index is 2.36. The molecular weight excluding hydrogens is 278 g/mol. The minimum Gasteiger partial charge on any atom is -0.387 e. The molecule has 1 aromatic carbocycles. The van der Waals surface area contributed by atoms with Gasteiger partial charge in [-0.15, -0.1) is 0 Å². The number of rotatable bonds is 8. The molecule has 0 saturated carbocycles. The van der Waals surface area contributed by atoms with Gasteiger partial charge in [-0.25, -0.2) is 4.79 Å². The molecule has 2 amide bonds. The van der Waals surface area contributed by atoms with E-state index in [1.807, 2.05) is 31.2 Å². The fourth-order valence-electron chi connectivity index (χ4n) is 2.54. The molecule has 22 heavy (non-hydrogen) atoms. The van der Waals surface area contributed by atoms with Gasteiger partial charge in [0.25, 0.3) is 0 Å². The third-order valence-corrected chi connectivity index (χ3v) is 4.00. The standard InChI is InChI=1S/C17H29N3O2/c1-5-20(6-2)14(4)11-18-17(22)19-12-16(21)15-10-8-7-9-13(15)3/h7-10,14,16,21H,5-6,11-12H2,1-4H3,(H2,18,19,22). The number of likely N-dealkylation sites (N-methyl/N-ethyl adjacent to an activating group) is 1. The highest BCUT2D eigenvalue weighted by molar-refractivity contribution is 5.73. The van der Waals surface area contributed by atoms with Crippen molar-refractivity contribution in [3.63, 3.8) is 0 Å². The zero-order valence-electron chi connectivity index (χ0n) is 14.1. The van der Waals surface area contributed by atoms with Gasteiger partial charge in [-0.1, -0.05) is 38.1 Å². The van der Waals surface area contributed by atoms with Crippen molar-refractivity contribution in [1.82, 2.24) is 15.5 Å². The van der Waals surface area contributed by atoms with Crippen molar-refractivity contribution in [2.75, 3.05) is 26.2 Å². The number of carbonyl (C=O) groups excluding carboxylic acids is 1. The number of nitrogens with zero attached hydrogens (tertiary/aromatic N) is 1. The van der Waals surface area contributed by atoms with E-state index in [4.69, 9.17) is 0 Å². The van der Waals surface area contributed by atoms with Crippen LogP contribution in [-0.4, -0.2) is 48.3 Å². The minimum absolute atomic E-state index is 0.205. The molecule has 0 aromatic heterocycles. The molecule has 0 bridgehead atoms. The van der Waals surface area contributed by atoms with E-state index in [-0.39, 0.29) is 12.6 Å². The van der Waals surface area contributed by atoms with Crippen LogP contribution in [0.25, 0.3) is 0 Å². The van der Waals surface area contributed by atoms with Crippen molar-refractivity contribution < 1.29 is 9.90 Å². The molecule has 0 aliphatic carbocycles. The van der Waals surface area contributed by atoms with E-state index in [0.717, 1.165) is 24.2 Å². The molecule has 5 nitrogen and oxygen atoms in total. The first kappa shape index (κ1) is 18.5. The maximum absolute atomic E-state index is 11.8. The largest absolute Gasteiger partial charge is 0.387 e. The average molecular weight is 307 g/mol. The van der Waals surface area contributed by atoms with Gasteiger partial charge in [-0.2, -0.15) is 0 Å². The smallest absolute Gasteiger partial charge is 0.314 e. The van der Waals surface area contributed by atoms with E-state index in [0.29, 0.717) is 12.6 Å². The molecule has 2 unspecified atom stereocenters. The van der Waals surface area contributed by atoms with Crippen molar-refractivity contribution in [2.45, 2.75) is 39.8 Å². The van der Waals surface area contributed by atoms with Crippen LogP contribution in [0.1, 0.15) is 38.0 Å². The van der Waals surface area contributed by atoms with E-state index in [1.165, 1.54) is 0 Å². The number of aliphatic hydroxyl groups is 1. The Morgan fingerprint density at radius 2 is 1.77 bits per heavy atom. The third kappa shape index (κ3) is 5.66. The first-order valence-electron chi connectivity index (χ1n) is 7.98. The van der Waals surface area contributed by atoms with E-state index in [2.05, 4.69) is 36.3 Å². The van der Waals surface area contributed by atoms with E-state index in [9.17, 15) is 9.90 Å². The summed E-state index contributed by atoms with van der Waals surface area (Å²) in [5.74, 6) is 0. The summed E-state index contributed by atoms with van der Waals surface area (Å²) < 4.78 is 0. The molecule has 0 radical (unpaired) electrons. The Morgan fingerprint density at radius 1 is 1.18 bits per heavy atom. The summed E-state index contributed by atoms with van der Waals surface area (Å²) in [6, 6.07) is 7.69. The second-order valence-corrected chi connectivity index (χ2v) is 5.53. The second kappa shape index (κ2) is 9.43. The van der Waals surface area contributed by atoms with Crippen molar-refractivity contribution in [3.05, 3.63) is 35.4 Å². The van der Waals surface area contributed by atoms with Gasteiger partial charge in [-0.3, -0.25) is 4.90 Å². The van der Waals surface area contributed by atoms with Crippen molar-refractivity contribution in [3.8, 4) is 0 Å². The minimum atomic E-state index is -0.688. The number of carbonyl (C=O) groups is 1. The molecular formula is C17H29N3O2. The molecule has 0 saturated heterocycles. The van der Waals surface area contributed by atoms with E-state index >= 15 is 0 Å². The summed E-state index contributed by atoms with van der Waals surface area (Å²) in [5, 5.41) is 15.7. The molecule has 124 valence electrons. The summed E-state index contributed by atoms with van der Waals surface area (Å²) in [6.07, 6.45) is -0.688. The second-order valence-electron chi connectivity index (χ2n) is 5.53. The van der Waals surface area contributed by atoms with Crippen LogP contribution in [-0.2, 0) is 0 Å². The summed E-state index contributed by atoms with van der Waals surface area (Å²) in [5.41, 5.74) is 1.87. The molecule has 0 heterocycles. The number of hydrogen-bond donors (Lipinski definition) is 3. The van der Waals surface area contributed by atoms with Crippen LogP contribution in [0, 0.1) is 6.92 Å². The fourth-order valence-corrected chi connectivity index (χ4v) is 2.54. The Labute approximate surface area is 133 Å². The first-order chi connectivity index (χ1) is 10.5. The van der Waals surface area contributed by atoms with E-state index in [1.54, 1.807) is 0 Å². The molecule has 3 N–H and O–H groups in total. The van der Waals surface area contributed by atoms with Crippen molar-refractivity contribution in [1.29, 1.82) is 0 Å². The topological polar surface area (TPSA) is 64.6 Å². The van der Waals surface area contributed by atoms with Crippen LogP contribution in [0.2, 0.25) is 0 Å². The Bertz CT molecular complexity index is 461. The first-order valence-corrected chi connectivity index (χ1v) is 7.98. The molecule has 0 spiro atoms. The third-order valence-electron chi connectivity index (χ3n) is 4.00. The van der Waals surface area contributed by atoms with Crippen molar-refractivity contribution >= 4 is 6.03 Å². The number of nitrogens with one attached hydrogen (secondary N) is 2. The van der Waals surface area contributed by atoms with Gasteiger partial charge in [0, 0.05) is 19.1 Å². The predicted molar refractivity (Wildman–Crippen MR) is 89.9 cm³/mol. The maximum atomic E-state index is 11.8. The highest BCUT2D eigenvalue weighted by atomic mass is 16.3. The van der Waals surface area contributed by atoms with Crippen LogP contribution in [0.3, 0.4) is 0 Å². The Kier molecular flexibility index (Phi) is 7.91. The van der Waals surface area contributed by atoms with Gasteiger partial charge >= 0.3 is 6.03 Å². The summed E-state index contributed by atoms with van der Waals surface area (Å²) in [7, 11) is 0. The summed E-state index contributed by atoms with van der Waals surface area (Å²) >= 11 is 0. The Morgan fingerprint density at radius 3 is 2.36 bits per heavy atom. The van der Waals surface area contributed by atoms with E-state index < -0.39 is 6.10 Å². The maximum Gasteiger partial charge on any atom is 0.314 e. The molecule has 0 fully saturated rings. The number of urea groups is 1. The van der Waals surface area contributed by atoms with Gasteiger partial charge in [-0.05, 0) is 38.1 Å². The number of amides is 2. The Hall–Kier alpha value is -1.59. The van der Waals surface area contributed by atoms with Crippen LogP contribution in [0.4, 0.5) is 4.79 Å². The lowest BCUT2D eigenvalue weighted by Crippen LogP contribution is -2.45. The van der Waals surface area contributed by atoms with Gasteiger partial charge in [0.2, 0.25) is 0 Å². The zero-order chi connectivity index (χ0) is 16.5. The molecule has 5 heteroatoms. The lowest BCUT2D eigenvalue weighted by molar-refractivity contribution is 0.171. The normalized spacial score (nSPS) is 13.7. The molecule has 1 rings (SSSR count). The van der Waals surface area contributed by atoms with Crippen LogP contribution < -0.4 is 10.6 Å². The number of benzene rings is 1. The molecule has 0 aliphatic heterocycles. The average Bonchev–Trinajstić information content (AvgIpc) is 2.52. The van der Waals surface area contributed by atoms with Gasteiger partial charge in [0.15, 0.2) is 0 Å². The fraction of sp³-hybridized carbons (Fsp3) is 0.588. The van der Waals surface area contributed by atoms with Gasteiger partial charge in [0.05, 0.1) is 6.10 Å². The number of aryl methyl sites for hydroxylation is 1. The lowest BCUT2D eigenvalue weighted by Gasteiger charge is -2.26. The zero-order valence-corrected chi connectivity index (χ0v) is 14.1. The van der Waals surface area contributed by atoms with Gasteiger partial charge < -0.3 is 15.7 Å². The molecule has 2 atom stereocenters. The number of hydrogen-bond acceptors (Lipinski definition) is 3. The lowest BCUT2D eigenvalue weighted by atomic mass is 10.0. The molecule has 0 aliphatic rings. The van der Waals surface area contributed by atoms with Crippen LogP contribution in [0.5, 0.6) is 0 Å². The SMILES string of the molecule is CCN(CC)C(C)CNC(=O)NCC(O)c1ccccc1C. The predicted octanol–water partition coefficient (Wildman–Crippen LogP) is 2.06. The highest BCUT2D eigenvalue weighted by Gasteiger charge is 2.13. The monoisotopic (exact) mass is 307 g/mol.